The maximum atomic E-state index is 2.51. The molecule has 1 rings (SSSR count). The summed E-state index contributed by atoms with van der Waals surface area (Å²) >= 11 is 0. The molecule has 1 aliphatic carbocycles. The number of allylic oxidation sites excluding steroid dienone is 2. The molecule has 0 aromatic rings. The molecular formula is C17H32. The molecular weight excluding hydrogens is 204 g/mol. The Kier molecular flexibility index (Phi) is 9.46. The Hall–Kier alpha value is -0.260. The first-order valence-corrected chi connectivity index (χ1v) is 8.11. The van der Waals surface area contributed by atoms with E-state index in [1.54, 1.807) is 5.57 Å². The first kappa shape index (κ1) is 14.8. The quantitative estimate of drug-likeness (QED) is 0.287. The lowest BCUT2D eigenvalue weighted by Gasteiger charge is -2.15. The SMILES string of the molecule is CCCCCCCCCCCCC=C1CCC1. The van der Waals surface area contributed by atoms with Crippen LogP contribution in [0, 0.1) is 0 Å². The fraction of sp³-hybridized carbons (Fsp3) is 0.882. The first-order valence-electron chi connectivity index (χ1n) is 8.11. The lowest BCUT2D eigenvalue weighted by Crippen LogP contribution is -1.95. The molecule has 0 amide bonds. The topological polar surface area (TPSA) is 0 Å². The molecule has 1 aliphatic rings. The maximum absolute atomic E-state index is 2.51. The summed E-state index contributed by atoms with van der Waals surface area (Å²) in [5, 5.41) is 0. The van der Waals surface area contributed by atoms with Crippen LogP contribution in [0.15, 0.2) is 11.6 Å². The lowest BCUT2D eigenvalue weighted by atomic mass is 9.91. The van der Waals surface area contributed by atoms with Crippen molar-refractivity contribution in [3.63, 3.8) is 0 Å². The van der Waals surface area contributed by atoms with E-state index in [-0.39, 0.29) is 0 Å². The van der Waals surface area contributed by atoms with Crippen molar-refractivity contribution in [2.24, 2.45) is 0 Å². The van der Waals surface area contributed by atoms with Gasteiger partial charge < -0.3 is 0 Å². The van der Waals surface area contributed by atoms with Crippen LogP contribution in [-0.4, -0.2) is 0 Å². The highest BCUT2D eigenvalue weighted by atomic mass is 14.1. The second kappa shape index (κ2) is 10.9. The number of hydrogen-bond donors (Lipinski definition) is 0. The molecule has 17 heavy (non-hydrogen) atoms. The van der Waals surface area contributed by atoms with E-state index in [2.05, 4.69) is 13.0 Å². The fourth-order valence-corrected chi connectivity index (χ4v) is 2.52. The molecule has 0 heterocycles. The number of unbranched alkanes of at least 4 members (excludes halogenated alkanes) is 10. The Labute approximate surface area is 109 Å². The molecule has 0 bridgehead atoms. The standard InChI is InChI=1S/C17H32/c1-2-3-4-5-6-7-8-9-10-11-12-14-17-15-13-16-17/h14H,2-13,15-16H2,1H3. The second-order valence-corrected chi connectivity index (χ2v) is 5.69. The fourth-order valence-electron chi connectivity index (χ4n) is 2.52. The molecule has 0 aliphatic heterocycles. The molecule has 0 spiro atoms. The monoisotopic (exact) mass is 236 g/mol. The van der Waals surface area contributed by atoms with E-state index in [1.165, 1.54) is 89.9 Å². The van der Waals surface area contributed by atoms with Crippen molar-refractivity contribution in [2.75, 3.05) is 0 Å². The van der Waals surface area contributed by atoms with Gasteiger partial charge in [-0.05, 0) is 32.1 Å². The van der Waals surface area contributed by atoms with Crippen molar-refractivity contribution in [3.8, 4) is 0 Å². The summed E-state index contributed by atoms with van der Waals surface area (Å²) in [4.78, 5) is 0. The Morgan fingerprint density at radius 1 is 0.765 bits per heavy atom. The van der Waals surface area contributed by atoms with E-state index in [0.717, 1.165) is 0 Å². The van der Waals surface area contributed by atoms with Crippen molar-refractivity contribution >= 4 is 0 Å². The van der Waals surface area contributed by atoms with Gasteiger partial charge in [0.1, 0.15) is 0 Å². The van der Waals surface area contributed by atoms with E-state index in [9.17, 15) is 0 Å². The third kappa shape index (κ3) is 8.46. The smallest absolute Gasteiger partial charge is 0.0317 e. The minimum absolute atomic E-state index is 1.35. The van der Waals surface area contributed by atoms with Crippen LogP contribution in [0.5, 0.6) is 0 Å². The normalized spacial score (nSPS) is 14.8. The van der Waals surface area contributed by atoms with Gasteiger partial charge in [-0.2, -0.15) is 0 Å². The predicted octanol–water partition coefficient (Wildman–Crippen LogP) is 6.41. The van der Waals surface area contributed by atoms with Crippen molar-refractivity contribution in [2.45, 2.75) is 96.8 Å². The molecule has 1 fully saturated rings. The number of hydrogen-bond acceptors (Lipinski definition) is 0. The Bertz CT molecular complexity index is 184. The molecule has 0 saturated heterocycles. The summed E-state index contributed by atoms with van der Waals surface area (Å²) in [5.74, 6) is 0. The maximum Gasteiger partial charge on any atom is -0.0317 e. The highest BCUT2D eigenvalue weighted by molar-refractivity contribution is 5.08. The van der Waals surface area contributed by atoms with Crippen LogP contribution in [0.3, 0.4) is 0 Å². The average molecular weight is 236 g/mol. The zero-order valence-corrected chi connectivity index (χ0v) is 12.0. The van der Waals surface area contributed by atoms with Gasteiger partial charge in [0, 0.05) is 0 Å². The molecule has 0 aromatic carbocycles. The van der Waals surface area contributed by atoms with Gasteiger partial charge in [-0.1, -0.05) is 76.4 Å². The van der Waals surface area contributed by atoms with E-state index in [1.807, 2.05) is 0 Å². The second-order valence-electron chi connectivity index (χ2n) is 5.69. The summed E-state index contributed by atoms with van der Waals surface area (Å²) < 4.78 is 0. The average Bonchev–Trinajstić information content (AvgIpc) is 2.28. The summed E-state index contributed by atoms with van der Waals surface area (Å²) in [6.07, 6.45) is 22.6. The van der Waals surface area contributed by atoms with Crippen molar-refractivity contribution < 1.29 is 0 Å². The zero-order chi connectivity index (χ0) is 12.2. The molecule has 1 saturated carbocycles. The molecule has 0 aromatic heterocycles. The first-order chi connectivity index (χ1) is 8.43. The summed E-state index contributed by atoms with van der Waals surface area (Å²) in [6, 6.07) is 0. The third-order valence-electron chi connectivity index (χ3n) is 3.99. The summed E-state index contributed by atoms with van der Waals surface area (Å²) in [6.45, 7) is 2.29. The van der Waals surface area contributed by atoms with Crippen molar-refractivity contribution in [3.05, 3.63) is 11.6 Å². The van der Waals surface area contributed by atoms with E-state index in [0.29, 0.717) is 0 Å². The van der Waals surface area contributed by atoms with Gasteiger partial charge in [-0.3, -0.25) is 0 Å². The highest BCUT2D eigenvalue weighted by Crippen LogP contribution is 2.25. The predicted molar refractivity (Wildman–Crippen MR) is 78.4 cm³/mol. The van der Waals surface area contributed by atoms with Crippen molar-refractivity contribution in [1.82, 2.24) is 0 Å². The van der Waals surface area contributed by atoms with Crippen LogP contribution >= 0.6 is 0 Å². The molecule has 0 heteroatoms. The molecule has 0 N–H and O–H groups in total. The van der Waals surface area contributed by atoms with Gasteiger partial charge in [-0.25, -0.2) is 0 Å². The van der Waals surface area contributed by atoms with Crippen LogP contribution in [0.4, 0.5) is 0 Å². The van der Waals surface area contributed by atoms with Gasteiger partial charge >= 0.3 is 0 Å². The Balaban J connectivity index is 1.69. The van der Waals surface area contributed by atoms with Gasteiger partial charge in [0.2, 0.25) is 0 Å². The minimum atomic E-state index is 1.35. The summed E-state index contributed by atoms with van der Waals surface area (Å²) in [5.41, 5.74) is 1.74. The Morgan fingerprint density at radius 2 is 1.29 bits per heavy atom. The lowest BCUT2D eigenvalue weighted by molar-refractivity contribution is 0.556. The van der Waals surface area contributed by atoms with Crippen LogP contribution in [0.1, 0.15) is 96.8 Å². The molecule has 100 valence electrons. The molecule has 0 unspecified atom stereocenters. The van der Waals surface area contributed by atoms with Crippen LogP contribution < -0.4 is 0 Å². The molecule has 0 atom stereocenters. The van der Waals surface area contributed by atoms with Crippen LogP contribution in [-0.2, 0) is 0 Å². The molecule has 0 nitrogen and oxygen atoms in total. The minimum Gasteiger partial charge on any atom is -0.0853 e. The Morgan fingerprint density at radius 3 is 1.76 bits per heavy atom. The van der Waals surface area contributed by atoms with Crippen LogP contribution in [0.25, 0.3) is 0 Å². The van der Waals surface area contributed by atoms with Gasteiger partial charge in [0.15, 0.2) is 0 Å². The zero-order valence-electron chi connectivity index (χ0n) is 12.0. The van der Waals surface area contributed by atoms with E-state index in [4.69, 9.17) is 0 Å². The van der Waals surface area contributed by atoms with Crippen LogP contribution in [0.2, 0.25) is 0 Å². The highest BCUT2D eigenvalue weighted by Gasteiger charge is 2.06. The van der Waals surface area contributed by atoms with Gasteiger partial charge in [0.05, 0.1) is 0 Å². The molecule has 0 radical (unpaired) electrons. The number of rotatable bonds is 11. The van der Waals surface area contributed by atoms with E-state index < -0.39 is 0 Å². The largest absolute Gasteiger partial charge is 0.0853 e. The van der Waals surface area contributed by atoms with Gasteiger partial charge in [-0.15, -0.1) is 0 Å². The van der Waals surface area contributed by atoms with E-state index >= 15 is 0 Å². The third-order valence-corrected chi connectivity index (χ3v) is 3.99. The van der Waals surface area contributed by atoms with Gasteiger partial charge in [0.25, 0.3) is 0 Å². The van der Waals surface area contributed by atoms with Crippen molar-refractivity contribution in [1.29, 1.82) is 0 Å². The summed E-state index contributed by atoms with van der Waals surface area (Å²) in [7, 11) is 0.